The van der Waals surface area contributed by atoms with Crippen LogP contribution in [0.15, 0.2) is 11.6 Å². The van der Waals surface area contributed by atoms with Crippen LogP contribution in [0.25, 0.3) is 0 Å². The van der Waals surface area contributed by atoms with Gasteiger partial charge in [-0.2, -0.15) is 0 Å². The molecule has 44 valence electrons. The Morgan fingerprint density at radius 3 is 3.00 bits per heavy atom. The monoisotopic (exact) mass is 108 g/mol. The molecule has 2 aliphatic rings. The Labute approximate surface area is 50.6 Å². The number of fused-ring (bicyclic) bond motifs is 1. The predicted octanol–water partition coefficient (Wildman–Crippen LogP) is 2.51. The molecule has 0 aromatic heterocycles. The molecule has 0 N–H and O–H groups in total. The summed E-state index contributed by atoms with van der Waals surface area (Å²) in [6.45, 7) is 0. The van der Waals surface area contributed by atoms with Crippen LogP contribution in [0.1, 0.15) is 32.1 Å². The summed E-state index contributed by atoms with van der Waals surface area (Å²) in [5.41, 5.74) is 1.75. The molecule has 2 rings (SSSR count). The van der Waals surface area contributed by atoms with E-state index in [1.807, 2.05) is 0 Å². The molecule has 0 amide bonds. The molecule has 0 heterocycles. The van der Waals surface area contributed by atoms with Gasteiger partial charge in [0.25, 0.3) is 0 Å². The van der Waals surface area contributed by atoms with Gasteiger partial charge in [-0.3, -0.25) is 0 Å². The minimum atomic E-state index is 0.999. The molecular formula is C8H12. The van der Waals surface area contributed by atoms with E-state index in [4.69, 9.17) is 0 Å². The molecule has 0 aromatic carbocycles. The first kappa shape index (κ1) is 4.60. The lowest BCUT2D eigenvalue weighted by Crippen LogP contribution is -1.92. The summed E-state index contributed by atoms with van der Waals surface area (Å²) < 4.78 is 0. The summed E-state index contributed by atoms with van der Waals surface area (Å²) in [7, 11) is 0. The highest BCUT2D eigenvalue weighted by Crippen LogP contribution is 2.35. The van der Waals surface area contributed by atoms with E-state index >= 15 is 0 Å². The molecule has 2 bridgehead atoms. The van der Waals surface area contributed by atoms with E-state index in [0.29, 0.717) is 0 Å². The van der Waals surface area contributed by atoms with Crippen LogP contribution in [-0.4, -0.2) is 0 Å². The summed E-state index contributed by atoms with van der Waals surface area (Å²) in [5, 5.41) is 0. The smallest absolute Gasteiger partial charge is 0.0228 e. The van der Waals surface area contributed by atoms with Gasteiger partial charge in [-0.05, 0) is 38.0 Å². The van der Waals surface area contributed by atoms with Gasteiger partial charge in [0.05, 0.1) is 0 Å². The average Bonchev–Trinajstić information content (AvgIpc) is 2.12. The number of hydrogen-bond donors (Lipinski definition) is 0. The van der Waals surface area contributed by atoms with Crippen molar-refractivity contribution in [1.29, 1.82) is 0 Å². The second-order valence-electron chi connectivity index (χ2n) is 3.02. The van der Waals surface area contributed by atoms with Gasteiger partial charge in [0.15, 0.2) is 0 Å². The van der Waals surface area contributed by atoms with E-state index in [1.54, 1.807) is 5.57 Å². The lowest BCUT2D eigenvalue weighted by molar-refractivity contribution is 0.563. The molecule has 0 aromatic rings. The Balaban J connectivity index is 2.20. The average molecular weight is 108 g/mol. The molecule has 0 unspecified atom stereocenters. The van der Waals surface area contributed by atoms with E-state index in [1.165, 1.54) is 32.1 Å². The zero-order chi connectivity index (χ0) is 5.40. The molecular weight excluding hydrogens is 96.1 g/mol. The fourth-order valence-electron chi connectivity index (χ4n) is 1.90. The maximum atomic E-state index is 2.50. The fraction of sp³-hybridized carbons (Fsp3) is 0.750. The van der Waals surface area contributed by atoms with Crippen LogP contribution in [0, 0.1) is 5.92 Å². The number of rotatable bonds is 0. The van der Waals surface area contributed by atoms with Gasteiger partial charge in [0.2, 0.25) is 0 Å². The molecule has 0 aliphatic heterocycles. The minimum absolute atomic E-state index is 0.999. The third-order valence-electron chi connectivity index (χ3n) is 2.38. The molecule has 0 fully saturated rings. The number of hydrogen-bond acceptors (Lipinski definition) is 0. The van der Waals surface area contributed by atoms with Gasteiger partial charge < -0.3 is 0 Å². The van der Waals surface area contributed by atoms with Gasteiger partial charge >= 0.3 is 0 Å². The molecule has 1 atom stereocenters. The topological polar surface area (TPSA) is 0 Å². The van der Waals surface area contributed by atoms with Crippen LogP contribution in [0.4, 0.5) is 0 Å². The van der Waals surface area contributed by atoms with Crippen molar-refractivity contribution in [3.05, 3.63) is 11.6 Å². The maximum absolute atomic E-state index is 2.50. The Morgan fingerprint density at radius 2 is 2.25 bits per heavy atom. The van der Waals surface area contributed by atoms with E-state index in [-0.39, 0.29) is 0 Å². The molecule has 0 spiro atoms. The SMILES string of the molecule is C1=C2CCC[C@H]1CC2. The van der Waals surface area contributed by atoms with E-state index < -0.39 is 0 Å². The standard InChI is InChI=1S/C8H12/c1-2-7-4-5-8(3-1)6-7/h6-7H,1-5H2/t7-/m0/s1. The first-order valence-corrected chi connectivity index (χ1v) is 3.65. The van der Waals surface area contributed by atoms with Crippen molar-refractivity contribution in [3.8, 4) is 0 Å². The molecule has 2 aliphatic carbocycles. The summed E-state index contributed by atoms with van der Waals surface area (Å²) >= 11 is 0. The van der Waals surface area contributed by atoms with Gasteiger partial charge in [0, 0.05) is 0 Å². The Kier molecular flexibility index (Phi) is 0.927. The highest BCUT2D eigenvalue weighted by Gasteiger charge is 2.19. The van der Waals surface area contributed by atoms with Crippen LogP contribution in [0.3, 0.4) is 0 Å². The number of allylic oxidation sites excluding steroid dienone is 2. The molecule has 8 heavy (non-hydrogen) atoms. The summed E-state index contributed by atoms with van der Waals surface area (Å²) in [5.74, 6) is 0.999. The fourth-order valence-corrected chi connectivity index (χ4v) is 1.90. The van der Waals surface area contributed by atoms with Crippen LogP contribution < -0.4 is 0 Å². The maximum Gasteiger partial charge on any atom is -0.0228 e. The molecule has 0 heteroatoms. The molecule has 0 saturated heterocycles. The largest absolute Gasteiger partial charge is 0.0822 e. The predicted molar refractivity (Wildman–Crippen MR) is 34.7 cm³/mol. The van der Waals surface area contributed by atoms with Crippen molar-refractivity contribution < 1.29 is 0 Å². The summed E-state index contributed by atoms with van der Waals surface area (Å²) in [6.07, 6.45) is 9.75. The lowest BCUT2D eigenvalue weighted by Gasteiger charge is -2.08. The van der Waals surface area contributed by atoms with Crippen molar-refractivity contribution >= 4 is 0 Å². The van der Waals surface area contributed by atoms with Gasteiger partial charge in [-0.1, -0.05) is 11.6 Å². The van der Waals surface area contributed by atoms with E-state index in [9.17, 15) is 0 Å². The first-order chi connectivity index (χ1) is 3.95. The van der Waals surface area contributed by atoms with Gasteiger partial charge in [-0.15, -0.1) is 0 Å². The van der Waals surface area contributed by atoms with E-state index in [0.717, 1.165) is 5.92 Å². The van der Waals surface area contributed by atoms with Crippen molar-refractivity contribution in [2.75, 3.05) is 0 Å². The van der Waals surface area contributed by atoms with Gasteiger partial charge in [-0.25, -0.2) is 0 Å². The Morgan fingerprint density at radius 1 is 1.25 bits per heavy atom. The van der Waals surface area contributed by atoms with Crippen LogP contribution in [-0.2, 0) is 0 Å². The molecule has 0 nitrogen and oxygen atoms in total. The highest BCUT2D eigenvalue weighted by molar-refractivity contribution is 5.13. The summed E-state index contributed by atoms with van der Waals surface area (Å²) in [4.78, 5) is 0. The lowest BCUT2D eigenvalue weighted by atomic mass is 9.98. The van der Waals surface area contributed by atoms with Crippen LogP contribution >= 0.6 is 0 Å². The van der Waals surface area contributed by atoms with Gasteiger partial charge in [0.1, 0.15) is 0 Å². The minimum Gasteiger partial charge on any atom is -0.0822 e. The normalized spacial score (nSPS) is 35.0. The third kappa shape index (κ3) is 0.594. The Bertz CT molecular complexity index is 122. The second kappa shape index (κ2) is 1.61. The zero-order valence-corrected chi connectivity index (χ0v) is 5.19. The van der Waals surface area contributed by atoms with Crippen molar-refractivity contribution in [2.24, 2.45) is 5.92 Å². The Hall–Kier alpha value is -0.260. The first-order valence-electron chi connectivity index (χ1n) is 3.65. The third-order valence-corrected chi connectivity index (χ3v) is 2.38. The second-order valence-corrected chi connectivity index (χ2v) is 3.02. The molecule has 0 saturated carbocycles. The van der Waals surface area contributed by atoms with Crippen LogP contribution in [0.2, 0.25) is 0 Å². The van der Waals surface area contributed by atoms with E-state index in [2.05, 4.69) is 6.08 Å². The van der Waals surface area contributed by atoms with Crippen LogP contribution in [0.5, 0.6) is 0 Å². The van der Waals surface area contributed by atoms with Crippen molar-refractivity contribution in [3.63, 3.8) is 0 Å². The quantitative estimate of drug-likeness (QED) is 0.418. The van der Waals surface area contributed by atoms with Crippen molar-refractivity contribution in [2.45, 2.75) is 32.1 Å². The van der Waals surface area contributed by atoms with Crippen molar-refractivity contribution in [1.82, 2.24) is 0 Å². The summed E-state index contributed by atoms with van der Waals surface area (Å²) in [6, 6.07) is 0. The zero-order valence-electron chi connectivity index (χ0n) is 5.19. The molecule has 0 radical (unpaired) electrons. The highest BCUT2D eigenvalue weighted by atomic mass is 14.2.